The first-order valence-corrected chi connectivity index (χ1v) is 8.48. The van der Waals surface area contributed by atoms with E-state index in [9.17, 15) is 18.5 Å². The van der Waals surface area contributed by atoms with Crippen LogP contribution in [-0.4, -0.2) is 32.4 Å². The summed E-state index contributed by atoms with van der Waals surface area (Å²) in [5.74, 6) is 0.896. The van der Waals surface area contributed by atoms with Crippen molar-refractivity contribution in [3.05, 3.63) is 34.4 Å². The van der Waals surface area contributed by atoms with Gasteiger partial charge in [0.15, 0.2) is 0 Å². The van der Waals surface area contributed by atoms with E-state index in [0.29, 0.717) is 11.7 Å². The van der Waals surface area contributed by atoms with E-state index in [1.165, 1.54) is 24.8 Å². The molecule has 1 fully saturated rings. The average Bonchev–Trinajstić information content (AvgIpc) is 2.34. The van der Waals surface area contributed by atoms with Gasteiger partial charge in [0, 0.05) is 31.1 Å². The van der Waals surface area contributed by atoms with Crippen molar-refractivity contribution in [2.24, 2.45) is 5.92 Å². The van der Waals surface area contributed by atoms with E-state index in [-0.39, 0.29) is 5.69 Å². The molecule has 0 radical (unpaired) electrons. The number of nitro groups is 1. The van der Waals surface area contributed by atoms with Gasteiger partial charge in [-0.15, -0.1) is 0 Å². The lowest BCUT2D eigenvalue weighted by Crippen LogP contribution is -2.20. The largest absolute Gasteiger partial charge is 0.388 e. The molecule has 1 aliphatic rings. The molecule has 1 N–H and O–H groups in total. The molecule has 0 heterocycles. The summed E-state index contributed by atoms with van der Waals surface area (Å²) >= 11 is 0. The van der Waals surface area contributed by atoms with Crippen LogP contribution in [-0.2, 0) is 9.84 Å². The maximum atomic E-state index is 10.6. The van der Waals surface area contributed by atoms with Crippen LogP contribution in [0, 0.1) is 16.0 Å². The Balaban J connectivity index is 0.000000204. The van der Waals surface area contributed by atoms with Crippen LogP contribution in [0.25, 0.3) is 0 Å². The highest BCUT2D eigenvalue weighted by molar-refractivity contribution is 7.90. The lowest BCUT2D eigenvalue weighted by atomic mass is 9.87. The van der Waals surface area contributed by atoms with Crippen molar-refractivity contribution in [1.29, 1.82) is 0 Å². The molecular formula is C13H20N2O4S. The molecule has 2 rings (SSSR count). The fourth-order valence-electron chi connectivity index (χ4n) is 1.86. The number of hydrogen-bond acceptors (Lipinski definition) is 5. The minimum atomic E-state index is -2.68. The smallest absolute Gasteiger partial charge is 0.271 e. The maximum absolute atomic E-state index is 10.6. The molecule has 0 unspecified atom stereocenters. The predicted octanol–water partition coefficient (Wildman–Crippen LogP) is 2.47. The van der Waals surface area contributed by atoms with Gasteiger partial charge in [0.05, 0.1) is 10.7 Å². The van der Waals surface area contributed by atoms with Crippen molar-refractivity contribution in [2.75, 3.05) is 24.4 Å². The fraction of sp³-hybridized carbons (Fsp3) is 0.538. The van der Waals surface area contributed by atoms with E-state index in [1.807, 2.05) is 0 Å². The number of benzene rings is 1. The number of rotatable bonds is 4. The second kappa shape index (κ2) is 7.23. The summed E-state index contributed by atoms with van der Waals surface area (Å²) in [6, 6.07) is 6.36. The van der Waals surface area contributed by atoms with E-state index in [2.05, 4.69) is 5.32 Å². The van der Waals surface area contributed by atoms with Crippen LogP contribution in [0.4, 0.5) is 11.4 Å². The molecule has 1 aromatic carbocycles. The lowest BCUT2D eigenvalue weighted by Gasteiger charge is -2.23. The van der Waals surface area contributed by atoms with Gasteiger partial charge >= 0.3 is 0 Å². The number of nitrogens with zero attached hydrogens (tertiary/aromatic N) is 1. The lowest BCUT2D eigenvalue weighted by molar-refractivity contribution is -0.384. The summed E-state index contributed by atoms with van der Waals surface area (Å²) in [4.78, 5) is 9.83. The third kappa shape index (κ3) is 6.01. The second-order valence-corrected chi connectivity index (χ2v) is 7.13. The number of nitrogens with one attached hydrogen (secondary N) is 1. The van der Waals surface area contributed by atoms with Crippen LogP contribution in [0.15, 0.2) is 24.3 Å². The Morgan fingerprint density at radius 2 is 2.05 bits per heavy atom. The van der Waals surface area contributed by atoms with Gasteiger partial charge in [-0.25, -0.2) is 8.42 Å². The van der Waals surface area contributed by atoms with Crippen molar-refractivity contribution < 1.29 is 13.3 Å². The van der Waals surface area contributed by atoms with Gasteiger partial charge in [0.1, 0.15) is 9.84 Å². The summed E-state index contributed by atoms with van der Waals surface area (Å²) in [7, 11) is -0.963. The van der Waals surface area contributed by atoms with E-state index in [4.69, 9.17) is 0 Å². The minimum Gasteiger partial charge on any atom is -0.388 e. The van der Waals surface area contributed by atoms with Crippen LogP contribution in [0.1, 0.15) is 19.3 Å². The van der Waals surface area contributed by atoms with Gasteiger partial charge in [-0.1, -0.05) is 12.5 Å². The van der Waals surface area contributed by atoms with Crippen molar-refractivity contribution in [3.8, 4) is 0 Å². The first kappa shape index (κ1) is 16.4. The third-order valence-electron chi connectivity index (χ3n) is 3.11. The van der Waals surface area contributed by atoms with E-state index in [1.54, 1.807) is 19.2 Å². The molecule has 0 aliphatic heterocycles. The van der Waals surface area contributed by atoms with Crippen LogP contribution in [0.5, 0.6) is 0 Å². The number of anilines is 1. The molecule has 112 valence electrons. The molecule has 1 aromatic rings. The monoisotopic (exact) mass is 300 g/mol. The normalized spacial score (nSPS) is 14.7. The molecule has 20 heavy (non-hydrogen) atoms. The standard InChI is InChI=1S/C7H8N2O2.C6H12O2S/c1-8-6-3-2-4-7(5-6)9(10)11;1-9(7,8)5-6-3-2-4-6/h2-5,8H,1H3;6H,2-5H2,1H3. The highest BCUT2D eigenvalue weighted by atomic mass is 32.2. The highest BCUT2D eigenvalue weighted by Crippen LogP contribution is 2.27. The molecule has 0 bridgehead atoms. The molecule has 6 nitrogen and oxygen atoms in total. The third-order valence-corrected chi connectivity index (χ3v) is 4.19. The van der Waals surface area contributed by atoms with Crippen LogP contribution in [0.2, 0.25) is 0 Å². The SMILES string of the molecule is CNc1cccc([N+](=O)[O-])c1.CS(=O)(=O)CC1CCC1. The Kier molecular flexibility index (Phi) is 5.94. The van der Waals surface area contributed by atoms with Crippen molar-refractivity contribution >= 4 is 21.2 Å². The molecule has 1 saturated carbocycles. The zero-order chi connectivity index (χ0) is 15.2. The Morgan fingerprint density at radius 1 is 1.40 bits per heavy atom. The summed E-state index contributed by atoms with van der Waals surface area (Å²) in [5.41, 5.74) is 0.857. The minimum absolute atomic E-state index is 0.108. The second-order valence-electron chi connectivity index (χ2n) is 4.95. The van der Waals surface area contributed by atoms with Gasteiger partial charge in [-0.05, 0) is 24.8 Å². The van der Waals surface area contributed by atoms with E-state index < -0.39 is 14.8 Å². The van der Waals surface area contributed by atoms with Crippen molar-refractivity contribution in [2.45, 2.75) is 19.3 Å². The van der Waals surface area contributed by atoms with E-state index >= 15 is 0 Å². The first-order valence-electron chi connectivity index (χ1n) is 6.42. The van der Waals surface area contributed by atoms with Crippen molar-refractivity contribution in [1.82, 2.24) is 0 Å². The summed E-state index contributed by atoms with van der Waals surface area (Å²) in [6.07, 6.45) is 4.77. The fourth-order valence-corrected chi connectivity index (χ4v) is 3.05. The van der Waals surface area contributed by atoms with Gasteiger partial charge in [0.2, 0.25) is 0 Å². The van der Waals surface area contributed by atoms with E-state index in [0.717, 1.165) is 18.5 Å². The Labute approximate surface area is 119 Å². The molecule has 0 saturated heterocycles. The van der Waals surface area contributed by atoms with Crippen LogP contribution >= 0.6 is 0 Å². The highest BCUT2D eigenvalue weighted by Gasteiger charge is 2.21. The number of non-ortho nitro benzene ring substituents is 1. The van der Waals surface area contributed by atoms with Gasteiger partial charge in [-0.3, -0.25) is 10.1 Å². The van der Waals surface area contributed by atoms with Gasteiger partial charge in [-0.2, -0.15) is 0 Å². The quantitative estimate of drug-likeness (QED) is 0.681. The van der Waals surface area contributed by atoms with Crippen LogP contribution < -0.4 is 5.32 Å². The van der Waals surface area contributed by atoms with Gasteiger partial charge < -0.3 is 5.32 Å². The molecule has 0 atom stereocenters. The Morgan fingerprint density at radius 3 is 2.40 bits per heavy atom. The zero-order valence-electron chi connectivity index (χ0n) is 11.7. The summed E-state index contributed by atoms with van der Waals surface area (Å²) in [5, 5.41) is 13.1. The number of nitro benzene ring substituents is 1. The molecular weight excluding hydrogens is 280 g/mol. The van der Waals surface area contributed by atoms with Gasteiger partial charge in [0.25, 0.3) is 5.69 Å². The topological polar surface area (TPSA) is 89.3 Å². The Bertz CT molecular complexity index is 553. The molecule has 7 heteroatoms. The number of sulfone groups is 1. The molecule has 0 amide bonds. The molecule has 1 aliphatic carbocycles. The van der Waals surface area contributed by atoms with Crippen molar-refractivity contribution in [3.63, 3.8) is 0 Å². The first-order chi connectivity index (χ1) is 9.31. The summed E-state index contributed by atoms with van der Waals surface area (Å²) in [6.45, 7) is 0. The molecule has 0 aromatic heterocycles. The molecule has 0 spiro atoms. The summed E-state index contributed by atoms with van der Waals surface area (Å²) < 4.78 is 21.3. The Hall–Kier alpha value is -1.63. The van der Waals surface area contributed by atoms with Crippen LogP contribution in [0.3, 0.4) is 0 Å². The predicted molar refractivity (Wildman–Crippen MR) is 79.7 cm³/mol. The average molecular weight is 300 g/mol. The maximum Gasteiger partial charge on any atom is 0.271 e. The number of hydrogen-bond donors (Lipinski definition) is 1. The zero-order valence-corrected chi connectivity index (χ0v) is 12.5.